The molecule has 0 aromatic carbocycles. The van der Waals surface area contributed by atoms with Gasteiger partial charge in [-0.2, -0.15) is 0 Å². The molecule has 0 heterocycles. The van der Waals surface area contributed by atoms with Crippen molar-refractivity contribution in [2.45, 2.75) is 25.7 Å². The molecule has 0 aromatic heterocycles. The van der Waals surface area contributed by atoms with Gasteiger partial charge >= 0.3 is 5.97 Å². The molecule has 2 rings (SSSR count). The monoisotopic (exact) mass is 196 g/mol. The van der Waals surface area contributed by atoms with Gasteiger partial charge in [-0.15, -0.1) is 0 Å². The summed E-state index contributed by atoms with van der Waals surface area (Å²) >= 11 is 0. The summed E-state index contributed by atoms with van der Waals surface area (Å²) in [5.41, 5.74) is -2.34. The molecule has 76 valence electrons. The Morgan fingerprint density at radius 3 is 2.29 bits per heavy atom. The number of aldehydes is 2. The summed E-state index contributed by atoms with van der Waals surface area (Å²) in [5, 5.41) is 9.17. The topological polar surface area (TPSA) is 71.4 Å². The maximum atomic E-state index is 11.2. The van der Waals surface area contributed by atoms with Crippen LogP contribution in [0.25, 0.3) is 0 Å². The van der Waals surface area contributed by atoms with Crippen LogP contribution < -0.4 is 0 Å². The number of hydrogen-bond donors (Lipinski definition) is 1. The standard InChI is InChI=1S/C10H12O4/c11-5-9(6-12)3-7-1-2-10(9,4-7)8(13)14/h5-7H,1-4H2,(H,13,14). The number of carbonyl (C=O) groups excluding carboxylic acids is 2. The van der Waals surface area contributed by atoms with Gasteiger partial charge in [0.05, 0.1) is 10.8 Å². The number of carboxylic acids is 1. The zero-order valence-corrected chi connectivity index (χ0v) is 7.73. The minimum Gasteiger partial charge on any atom is -0.481 e. The summed E-state index contributed by atoms with van der Waals surface area (Å²) in [4.78, 5) is 33.1. The van der Waals surface area contributed by atoms with Crippen molar-refractivity contribution in [2.24, 2.45) is 16.7 Å². The number of rotatable bonds is 3. The van der Waals surface area contributed by atoms with E-state index in [4.69, 9.17) is 0 Å². The van der Waals surface area contributed by atoms with Gasteiger partial charge in [-0.25, -0.2) is 0 Å². The fraction of sp³-hybridized carbons (Fsp3) is 0.700. The SMILES string of the molecule is O=CC1(C=O)CC2CCC1(C(=O)O)C2. The summed E-state index contributed by atoms with van der Waals surface area (Å²) in [5.74, 6) is -0.752. The van der Waals surface area contributed by atoms with Crippen LogP contribution in [0.1, 0.15) is 25.7 Å². The fourth-order valence-electron chi connectivity index (χ4n) is 3.16. The van der Waals surface area contributed by atoms with Crippen LogP contribution in [-0.2, 0) is 14.4 Å². The normalized spacial score (nSPS) is 38.1. The average Bonchev–Trinajstić information content (AvgIpc) is 2.73. The molecule has 14 heavy (non-hydrogen) atoms. The van der Waals surface area contributed by atoms with Crippen molar-refractivity contribution in [1.82, 2.24) is 0 Å². The first kappa shape index (κ1) is 9.37. The molecule has 0 aromatic rings. The first-order valence-electron chi connectivity index (χ1n) is 4.76. The van der Waals surface area contributed by atoms with Crippen molar-refractivity contribution >= 4 is 18.5 Å². The lowest BCUT2D eigenvalue weighted by Crippen LogP contribution is -2.46. The Morgan fingerprint density at radius 2 is 1.93 bits per heavy atom. The van der Waals surface area contributed by atoms with Gasteiger partial charge < -0.3 is 14.7 Å². The molecular weight excluding hydrogens is 184 g/mol. The van der Waals surface area contributed by atoms with Gasteiger partial charge in [0.15, 0.2) is 0 Å². The molecule has 0 aliphatic heterocycles. The average molecular weight is 196 g/mol. The lowest BCUT2D eigenvalue weighted by Gasteiger charge is -2.35. The van der Waals surface area contributed by atoms with Crippen LogP contribution in [0, 0.1) is 16.7 Å². The highest BCUT2D eigenvalue weighted by Gasteiger charge is 2.66. The van der Waals surface area contributed by atoms with E-state index in [0.717, 1.165) is 6.42 Å². The van der Waals surface area contributed by atoms with Gasteiger partial charge in [-0.3, -0.25) is 4.79 Å². The summed E-state index contributed by atoms with van der Waals surface area (Å²) < 4.78 is 0. The van der Waals surface area contributed by atoms with Crippen LogP contribution in [0.5, 0.6) is 0 Å². The molecule has 1 N–H and O–H groups in total. The Labute approximate surface area is 81.3 Å². The smallest absolute Gasteiger partial charge is 0.311 e. The second-order valence-corrected chi connectivity index (χ2v) is 4.48. The van der Waals surface area contributed by atoms with E-state index in [1.54, 1.807) is 0 Å². The van der Waals surface area contributed by atoms with Crippen LogP contribution >= 0.6 is 0 Å². The van der Waals surface area contributed by atoms with Crippen LogP contribution in [0.2, 0.25) is 0 Å². The highest BCUT2D eigenvalue weighted by Crippen LogP contribution is 2.62. The van der Waals surface area contributed by atoms with E-state index >= 15 is 0 Å². The van der Waals surface area contributed by atoms with Gasteiger partial charge in [0.1, 0.15) is 12.6 Å². The molecule has 2 unspecified atom stereocenters. The van der Waals surface area contributed by atoms with Crippen molar-refractivity contribution in [3.05, 3.63) is 0 Å². The highest BCUT2D eigenvalue weighted by molar-refractivity contribution is 5.95. The summed E-state index contributed by atoms with van der Waals surface area (Å²) in [6, 6.07) is 0. The number of carboxylic acid groups (broad SMARTS) is 1. The van der Waals surface area contributed by atoms with E-state index in [9.17, 15) is 19.5 Å². The van der Waals surface area contributed by atoms with E-state index in [-0.39, 0.29) is 5.92 Å². The maximum absolute atomic E-state index is 11.2. The van der Waals surface area contributed by atoms with Crippen molar-refractivity contribution < 1.29 is 19.5 Å². The van der Waals surface area contributed by atoms with Crippen molar-refractivity contribution in [2.75, 3.05) is 0 Å². The Morgan fingerprint density at radius 1 is 1.29 bits per heavy atom. The van der Waals surface area contributed by atoms with E-state index < -0.39 is 16.8 Å². The van der Waals surface area contributed by atoms with Crippen LogP contribution in [0.15, 0.2) is 0 Å². The Hall–Kier alpha value is -1.19. The minimum absolute atomic E-state index is 0.237. The molecule has 2 saturated carbocycles. The molecule has 2 fully saturated rings. The number of fused-ring (bicyclic) bond motifs is 2. The molecular formula is C10H12O4. The number of hydrogen-bond acceptors (Lipinski definition) is 3. The lowest BCUT2D eigenvalue weighted by atomic mass is 9.64. The maximum Gasteiger partial charge on any atom is 0.311 e. The quantitative estimate of drug-likeness (QED) is 0.531. The number of aliphatic carboxylic acids is 1. The van der Waals surface area contributed by atoms with Crippen molar-refractivity contribution in [1.29, 1.82) is 0 Å². The largest absolute Gasteiger partial charge is 0.481 e. The molecule has 4 nitrogen and oxygen atoms in total. The summed E-state index contributed by atoms with van der Waals surface area (Å²) in [6.07, 6.45) is 3.30. The predicted octanol–water partition coefficient (Wildman–Crippen LogP) is 0.645. The first-order valence-corrected chi connectivity index (χ1v) is 4.76. The van der Waals surface area contributed by atoms with Gasteiger partial charge in [-0.1, -0.05) is 0 Å². The van der Waals surface area contributed by atoms with Crippen LogP contribution in [0.3, 0.4) is 0 Å². The third-order valence-corrected chi connectivity index (χ3v) is 3.96. The predicted molar refractivity (Wildman–Crippen MR) is 46.6 cm³/mol. The Bertz CT molecular complexity index is 301. The Balaban J connectivity index is 2.50. The van der Waals surface area contributed by atoms with Crippen LogP contribution in [0.4, 0.5) is 0 Å². The lowest BCUT2D eigenvalue weighted by molar-refractivity contribution is -0.161. The van der Waals surface area contributed by atoms with Gasteiger partial charge in [0.25, 0.3) is 0 Å². The second kappa shape index (κ2) is 2.65. The molecule has 2 aliphatic rings. The second-order valence-electron chi connectivity index (χ2n) is 4.48. The van der Waals surface area contributed by atoms with Gasteiger partial charge in [-0.05, 0) is 31.6 Å². The van der Waals surface area contributed by atoms with E-state index in [1.165, 1.54) is 0 Å². The third-order valence-electron chi connectivity index (χ3n) is 3.96. The highest BCUT2D eigenvalue weighted by atomic mass is 16.4. The molecule has 0 saturated heterocycles. The fourth-order valence-corrected chi connectivity index (χ4v) is 3.16. The van der Waals surface area contributed by atoms with Gasteiger partial charge in [0.2, 0.25) is 0 Å². The summed E-state index contributed by atoms with van der Waals surface area (Å²) in [7, 11) is 0. The van der Waals surface area contributed by atoms with E-state index in [1.807, 2.05) is 0 Å². The third kappa shape index (κ3) is 0.811. The van der Waals surface area contributed by atoms with E-state index in [0.29, 0.717) is 31.8 Å². The number of carbonyl (C=O) groups is 3. The zero-order chi connectivity index (χ0) is 10.4. The molecule has 0 spiro atoms. The zero-order valence-electron chi connectivity index (χ0n) is 7.73. The minimum atomic E-state index is -1.25. The molecule has 2 atom stereocenters. The van der Waals surface area contributed by atoms with E-state index in [2.05, 4.69) is 0 Å². The Kier molecular flexibility index (Phi) is 1.77. The summed E-state index contributed by atoms with van der Waals surface area (Å²) in [6.45, 7) is 0. The molecule has 0 amide bonds. The molecule has 4 heteroatoms. The van der Waals surface area contributed by atoms with Gasteiger partial charge in [0, 0.05) is 0 Å². The van der Waals surface area contributed by atoms with Crippen molar-refractivity contribution in [3.63, 3.8) is 0 Å². The van der Waals surface area contributed by atoms with Crippen molar-refractivity contribution in [3.8, 4) is 0 Å². The molecule has 0 radical (unpaired) electrons. The van der Waals surface area contributed by atoms with Crippen LogP contribution in [-0.4, -0.2) is 23.6 Å². The molecule has 2 aliphatic carbocycles. The first-order chi connectivity index (χ1) is 6.60. The molecule has 2 bridgehead atoms.